The lowest BCUT2D eigenvalue weighted by Gasteiger charge is -2.32. The summed E-state index contributed by atoms with van der Waals surface area (Å²) in [7, 11) is 0. The highest BCUT2D eigenvalue weighted by atomic mass is 35.5. The van der Waals surface area contributed by atoms with Crippen molar-refractivity contribution >= 4 is 54.7 Å². The largest absolute Gasteiger partial charge is 0.490 e. The van der Waals surface area contributed by atoms with E-state index in [2.05, 4.69) is 15.0 Å². The van der Waals surface area contributed by atoms with Gasteiger partial charge in [-0.3, -0.25) is 4.90 Å². The molecular weight excluding hydrogens is 732 g/mol. The number of nitrogens with zero attached hydrogens (tertiary/aromatic N) is 6. The number of hydrogen-bond acceptors (Lipinski definition) is 10. The first-order chi connectivity index (χ1) is 24.8. The summed E-state index contributed by atoms with van der Waals surface area (Å²) in [6, 6.07) is 6.05. The Labute approximate surface area is 301 Å². The smallest absolute Gasteiger partial charge is 0.420 e. The molecule has 3 aromatic heterocycles. The molecule has 3 aliphatic rings. The molecule has 2 N–H and O–H groups in total. The van der Waals surface area contributed by atoms with Crippen molar-refractivity contribution < 1.29 is 35.8 Å². The number of thiophene rings is 1. The number of nitrogen functional groups attached to an aromatic ring is 1. The number of rotatable bonds is 6. The molecule has 9 nitrogen and oxygen atoms in total. The molecule has 270 valence electrons. The predicted octanol–water partition coefficient (Wildman–Crippen LogP) is 8.23. The lowest BCUT2D eigenvalue weighted by molar-refractivity contribution is -0.138. The van der Waals surface area contributed by atoms with Crippen molar-refractivity contribution in [1.29, 1.82) is 5.26 Å². The van der Waals surface area contributed by atoms with Gasteiger partial charge in [0.1, 0.15) is 64.1 Å². The standard InChI is InChI=1S/C35H28ClF6N7O2S/c1-16(18-4-2-8-45-30(18)36)49-10-11-50-28-24-27(46-33(47-32(24)49)51-15-34-7-3-9-48(34)14-17(37)12-34)26(39)23(25(28)35(40,41)42)19-5-6-21(38)29-22(19)20(13-43)31(44)52-29/h2,4-6,8,16-17H,3,7,9-12,14-15,44H2,1H3/t16-,17-,34+/m1/s1. The molecular formula is C35H28ClF6N7O2S. The van der Waals surface area contributed by atoms with Gasteiger partial charge in [-0.05, 0) is 44.0 Å². The number of hydrogen-bond donors (Lipinski definition) is 1. The van der Waals surface area contributed by atoms with E-state index in [0.29, 0.717) is 29.9 Å². The van der Waals surface area contributed by atoms with Crippen molar-refractivity contribution in [3.63, 3.8) is 0 Å². The first-order valence-electron chi connectivity index (χ1n) is 16.4. The third-order valence-corrected chi connectivity index (χ3v) is 11.6. The minimum absolute atomic E-state index is 0.0252. The molecule has 0 amide bonds. The van der Waals surface area contributed by atoms with Gasteiger partial charge in [0.15, 0.2) is 5.82 Å². The second kappa shape index (κ2) is 12.5. The maximum atomic E-state index is 17.4. The molecule has 0 spiro atoms. The van der Waals surface area contributed by atoms with Gasteiger partial charge in [-0.25, -0.2) is 18.2 Å². The first-order valence-corrected chi connectivity index (χ1v) is 17.6. The van der Waals surface area contributed by atoms with Crippen LogP contribution in [0.2, 0.25) is 5.15 Å². The maximum Gasteiger partial charge on any atom is 0.420 e. The molecule has 17 heteroatoms. The van der Waals surface area contributed by atoms with Gasteiger partial charge in [-0.1, -0.05) is 23.7 Å². The Morgan fingerprint density at radius 3 is 2.77 bits per heavy atom. The molecule has 8 rings (SSSR count). The average molecular weight is 760 g/mol. The van der Waals surface area contributed by atoms with Gasteiger partial charge in [-0.15, -0.1) is 11.3 Å². The molecule has 0 unspecified atom stereocenters. The number of anilines is 2. The van der Waals surface area contributed by atoms with E-state index in [1.165, 1.54) is 6.20 Å². The van der Waals surface area contributed by atoms with Gasteiger partial charge in [0.05, 0.1) is 33.8 Å². The third-order valence-electron chi connectivity index (χ3n) is 10.3. The van der Waals surface area contributed by atoms with Crippen LogP contribution < -0.4 is 20.1 Å². The maximum absolute atomic E-state index is 17.4. The molecule has 3 aliphatic heterocycles. The van der Waals surface area contributed by atoms with Crippen molar-refractivity contribution in [2.24, 2.45) is 0 Å². The van der Waals surface area contributed by atoms with Crippen LogP contribution in [-0.4, -0.2) is 64.4 Å². The van der Waals surface area contributed by atoms with Gasteiger partial charge in [0.25, 0.3) is 0 Å². The fourth-order valence-electron chi connectivity index (χ4n) is 7.97. The highest BCUT2D eigenvalue weighted by Gasteiger charge is 2.50. The topological polar surface area (TPSA) is 113 Å². The van der Waals surface area contributed by atoms with Crippen LogP contribution in [-0.2, 0) is 6.18 Å². The Morgan fingerprint density at radius 2 is 2.02 bits per heavy atom. The second-order valence-electron chi connectivity index (χ2n) is 13.2. The quantitative estimate of drug-likeness (QED) is 0.135. The van der Waals surface area contributed by atoms with E-state index in [1.54, 1.807) is 24.0 Å². The molecule has 52 heavy (non-hydrogen) atoms. The lowest BCUT2D eigenvalue weighted by atomic mass is 9.91. The van der Waals surface area contributed by atoms with E-state index in [-0.39, 0.29) is 75.7 Å². The van der Waals surface area contributed by atoms with Gasteiger partial charge in [0, 0.05) is 35.7 Å². The SMILES string of the molecule is C[C@H](c1cccnc1Cl)N1CCOc2c(C(F)(F)F)c(-c3ccc(F)c4sc(N)c(C#N)c34)c(F)c3nc(OC[C@@]45CCCN4C[C@H](F)C5)nc1c23. The Balaban J connectivity index is 1.41. The highest BCUT2D eigenvalue weighted by Crippen LogP contribution is 2.54. The zero-order valence-corrected chi connectivity index (χ0v) is 28.9. The highest BCUT2D eigenvalue weighted by molar-refractivity contribution is 7.23. The van der Waals surface area contributed by atoms with Gasteiger partial charge in [0.2, 0.25) is 0 Å². The fourth-order valence-corrected chi connectivity index (χ4v) is 9.19. The number of benzene rings is 2. The van der Waals surface area contributed by atoms with E-state index >= 15 is 22.0 Å². The molecule has 5 aromatic rings. The Morgan fingerprint density at radius 1 is 1.21 bits per heavy atom. The van der Waals surface area contributed by atoms with Crippen molar-refractivity contribution in [3.05, 3.63) is 63.9 Å². The molecule has 0 saturated carbocycles. The third kappa shape index (κ3) is 5.35. The summed E-state index contributed by atoms with van der Waals surface area (Å²) in [5, 5.41) is 9.26. The summed E-state index contributed by atoms with van der Waals surface area (Å²) in [6.45, 7) is 2.29. The van der Waals surface area contributed by atoms with Crippen molar-refractivity contribution in [2.75, 3.05) is 43.5 Å². The number of nitrogens with two attached hydrogens (primary N) is 1. The summed E-state index contributed by atoms with van der Waals surface area (Å²) in [6.07, 6.45) is -3.13. The second-order valence-corrected chi connectivity index (χ2v) is 14.6. The Hall–Kier alpha value is -4.59. The van der Waals surface area contributed by atoms with Gasteiger partial charge < -0.3 is 20.1 Å². The number of pyridine rings is 1. The lowest BCUT2D eigenvalue weighted by Crippen LogP contribution is -2.43. The summed E-state index contributed by atoms with van der Waals surface area (Å²) in [5.41, 5.74) is 2.09. The fraction of sp³-hybridized carbons (Fsp3) is 0.371. The van der Waals surface area contributed by atoms with Crippen LogP contribution in [0.1, 0.15) is 48.9 Å². The molecule has 2 saturated heterocycles. The van der Waals surface area contributed by atoms with Crippen LogP contribution in [0.4, 0.5) is 37.2 Å². The van der Waals surface area contributed by atoms with Crippen LogP contribution in [0.15, 0.2) is 30.5 Å². The van der Waals surface area contributed by atoms with E-state index < -0.39 is 63.5 Å². The molecule has 2 fully saturated rings. The molecule has 0 radical (unpaired) electrons. The number of alkyl halides is 4. The number of fused-ring (bicyclic) bond motifs is 2. The Kier molecular flexibility index (Phi) is 8.31. The minimum atomic E-state index is -5.23. The van der Waals surface area contributed by atoms with Crippen molar-refractivity contribution in [2.45, 2.75) is 50.1 Å². The number of aromatic nitrogens is 3. The van der Waals surface area contributed by atoms with Crippen molar-refractivity contribution in [3.8, 4) is 29.0 Å². The molecule has 0 bridgehead atoms. The van der Waals surface area contributed by atoms with Crippen LogP contribution in [0.25, 0.3) is 32.1 Å². The minimum Gasteiger partial charge on any atom is -0.490 e. The van der Waals surface area contributed by atoms with Gasteiger partial charge in [-0.2, -0.15) is 28.4 Å². The normalized spacial score (nSPS) is 20.9. The first kappa shape index (κ1) is 34.5. The number of nitriles is 1. The molecule has 0 aliphatic carbocycles. The number of halogens is 7. The van der Waals surface area contributed by atoms with Crippen LogP contribution in [0.3, 0.4) is 0 Å². The monoisotopic (exact) mass is 759 g/mol. The van der Waals surface area contributed by atoms with Crippen LogP contribution >= 0.6 is 22.9 Å². The van der Waals surface area contributed by atoms with E-state index in [1.807, 2.05) is 11.0 Å². The zero-order valence-electron chi connectivity index (χ0n) is 27.3. The van der Waals surface area contributed by atoms with Gasteiger partial charge >= 0.3 is 12.2 Å². The summed E-state index contributed by atoms with van der Waals surface area (Å²) in [4.78, 5) is 16.7. The molecule has 3 atom stereocenters. The van der Waals surface area contributed by atoms with E-state index in [4.69, 9.17) is 26.8 Å². The van der Waals surface area contributed by atoms with Crippen molar-refractivity contribution in [1.82, 2.24) is 19.9 Å². The molecule has 2 aromatic carbocycles. The zero-order chi connectivity index (χ0) is 36.7. The summed E-state index contributed by atoms with van der Waals surface area (Å²) < 4.78 is 105. The Bertz CT molecular complexity index is 2320. The average Bonchev–Trinajstić information content (AvgIpc) is 3.70. The van der Waals surface area contributed by atoms with Crippen LogP contribution in [0, 0.1) is 23.0 Å². The van der Waals surface area contributed by atoms with E-state index in [0.717, 1.165) is 18.6 Å². The number of ether oxygens (including phenoxy) is 2. The molecule has 6 heterocycles. The van der Waals surface area contributed by atoms with Crippen LogP contribution in [0.5, 0.6) is 11.8 Å². The van der Waals surface area contributed by atoms with E-state index in [9.17, 15) is 9.65 Å². The summed E-state index contributed by atoms with van der Waals surface area (Å²) >= 11 is 7.12. The predicted molar refractivity (Wildman–Crippen MR) is 183 cm³/mol. The summed E-state index contributed by atoms with van der Waals surface area (Å²) in [5.74, 6) is -3.14.